The van der Waals surface area contributed by atoms with Crippen LogP contribution in [0.2, 0.25) is 0 Å². The molecule has 122 valence electrons. The zero-order valence-electron chi connectivity index (χ0n) is 13.2. The van der Waals surface area contributed by atoms with E-state index < -0.39 is 17.5 Å². The molecule has 3 aromatic rings. The number of fused-ring (bicyclic) bond motifs is 1. The topological polar surface area (TPSA) is 79.6 Å². The Kier molecular flexibility index (Phi) is 4.08. The SMILES string of the molecule is Cc1ccc2c(=O)c(OC(C)C(=O)[O-])c(-c3ccccc3)oc2c1. The molecule has 1 heterocycles. The molecule has 0 saturated carbocycles. The van der Waals surface area contributed by atoms with Crippen LogP contribution in [0.1, 0.15) is 12.5 Å². The van der Waals surface area contributed by atoms with Crippen molar-refractivity contribution in [2.75, 3.05) is 0 Å². The standard InChI is InChI=1S/C19H16O5/c1-11-8-9-14-15(10-11)24-17(13-6-4-3-5-7-13)18(16(14)20)23-12(2)19(21)22/h3-10,12H,1-2H3,(H,21,22)/p-1. The van der Waals surface area contributed by atoms with Crippen LogP contribution in [0.3, 0.4) is 0 Å². The summed E-state index contributed by atoms with van der Waals surface area (Å²) in [5.74, 6) is -1.33. The third kappa shape index (κ3) is 2.88. The molecule has 0 aliphatic heterocycles. The quantitative estimate of drug-likeness (QED) is 0.736. The molecule has 0 bridgehead atoms. The fourth-order valence-electron chi connectivity index (χ4n) is 2.39. The first-order valence-corrected chi connectivity index (χ1v) is 7.48. The fraction of sp³-hybridized carbons (Fsp3) is 0.158. The number of aliphatic carboxylic acids is 1. The summed E-state index contributed by atoms with van der Waals surface area (Å²) in [6.45, 7) is 3.20. The highest BCUT2D eigenvalue weighted by Crippen LogP contribution is 2.31. The van der Waals surface area contributed by atoms with E-state index in [-0.39, 0.29) is 11.5 Å². The third-order valence-electron chi connectivity index (χ3n) is 3.67. The molecule has 5 heteroatoms. The summed E-state index contributed by atoms with van der Waals surface area (Å²) in [5, 5.41) is 11.3. The number of carbonyl (C=O) groups excluding carboxylic acids is 1. The van der Waals surface area contributed by atoms with E-state index in [9.17, 15) is 14.7 Å². The summed E-state index contributed by atoms with van der Waals surface area (Å²) in [5.41, 5.74) is 1.58. The zero-order valence-corrected chi connectivity index (χ0v) is 13.2. The first-order chi connectivity index (χ1) is 11.5. The van der Waals surface area contributed by atoms with Crippen LogP contribution >= 0.6 is 0 Å². The number of rotatable bonds is 4. The van der Waals surface area contributed by atoms with E-state index >= 15 is 0 Å². The van der Waals surface area contributed by atoms with E-state index in [1.807, 2.05) is 13.0 Å². The molecule has 1 atom stereocenters. The molecule has 1 unspecified atom stereocenters. The van der Waals surface area contributed by atoms with Gasteiger partial charge in [-0.3, -0.25) is 4.79 Å². The van der Waals surface area contributed by atoms with Gasteiger partial charge in [0.25, 0.3) is 0 Å². The molecule has 0 N–H and O–H groups in total. The molecular weight excluding hydrogens is 308 g/mol. The second-order valence-electron chi connectivity index (χ2n) is 5.53. The average Bonchev–Trinajstić information content (AvgIpc) is 2.57. The lowest BCUT2D eigenvalue weighted by atomic mass is 10.1. The van der Waals surface area contributed by atoms with Gasteiger partial charge in [0.2, 0.25) is 11.2 Å². The van der Waals surface area contributed by atoms with Crippen LogP contribution in [-0.4, -0.2) is 12.1 Å². The minimum absolute atomic E-state index is 0.130. The van der Waals surface area contributed by atoms with Gasteiger partial charge in [0.1, 0.15) is 11.7 Å². The Morgan fingerprint density at radius 1 is 1.17 bits per heavy atom. The maximum Gasteiger partial charge on any atom is 0.235 e. The average molecular weight is 323 g/mol. The van der Waals surface area contributed by atoms with Gasteiger partial charge in [-0.2, -0.15) is 0 Å². The van der Waals surface area contributed by atoms with Crippen molar-refractivity contribution in [3.8, 4) is 17.1 Å². The van der Waals surface area contributed by atoms with Crippen LogP contribution in [0.4, 0.5) is 0 Å². The van der Waals surface area contributed by atoms with Gasteiger partial charge in [0.05, 0.1) is 11.4 Å². The van der Waals surface area contributed by atoms with Crippen molar-refractivity contribution in [2.45, 2.75) is 20.0 Å². The van der Waals surface area contributed by atoms with Crippen LogP contribution in [0.5, 0.6) is 5.75 Å². The predicted molar refractivity (Wildman–Crippen MR) is 87.8 cm³/mol. The van der Waals surface area contributed by atoms with Gasteiger partial charge in [-0.05, 0) is 31.5 Å². The summed E-state index contributed by atoms with van der Waals surface area (Å²) in [4.78, 5) is 23.8. The number of hydrogen-bond acceptors (Lipinski definition) is 5. The summed E-state index contributed by atoms with van der Waals surface area (Å²) in [6.07, 6.45) is -1.28. The number of carboxylic acid groups (broad SMARTS) is 1. The van der Waals surface area contributed by atoms with Gasteiger partial charge in [0.15, 0.2) is 5.76 Å². The van der Waals surface area contributed by atoms with Gasteiger partial charge in [-0.25, -0.2) is 0 Å². The number of carboxylic acids is 1. The Morgan fingerprint density at radius 2 is 1.88 bits per heavy atom. The van der Waals surface area contributed by atoms with Crippen LogP contribution in [-0.2, 0) is 4.79 Å². The lowest BCUT2D eigenvalue weighted by molar-refractivity contribution is -0.312. The first kappa shape index (κ1) is 15.8. The molecule has 0 saturated heterocycles. The second kappa shape index (κ2) is 6.20. The van der Waals surface area contributed by atoms with Crippen molar-refractivity contribution < 1.29 is 19.1 Å². The van der Waals surface area contributed by atoms with Crippen molar-refractivity contribution in [1.82, 2.24) is 0 Å². The lowest BCUT2D eigenvalue weighted by Gasteiger charge is -2.17. The summed E-state index contributed by atoms with van der Waals surface area (Å²) in [6, 6.07) is 14.1. The Labute approximate surface area is 138 Å². The molecule has 24 heavy (non-hydrogen) atoms. The monoisotopic (exact) mass is 323 g/mol. The Morgan fingerprint density at radius 3 is 2.54 bits per heavy atom. The molecule has 0 radical (unpaired) electrons. The van der Waals surface area contributed by atoms with E-state index in [0.29, 0.717) is 16.5 Å². The first-order valence-electron chi connectivity index (χ1n) is 7.48. The Bertz CT molecular complexity index is 957. The minimum Gasteiger partial charge on any atom is -0.546 e. The molecule has 0 amide bonds. The van der Waals surface area contributed by atoms with Crippen molar-refractivity contribution in [2.24, 2.45) is 0 Å². The highest BCUT2D eigenvalue weighted by Gasteiger charge is 2.20. The number of carbonyl (C=O) groups is 1. The molecule has 5 nitrogen and oxygen atoms in total. The fourth-order valence-corrected chi connectivity index (χ4v) is 2.39. The number of aryl methyl sites for hydroxylation is 1. The molecule has 0 fully saturated rings. The molecule has 1 aromatic heterocycles. The van der Waals surface area contributed by atoms with E-state index in [4.69, 9.17) is 9.15 Å². The van der Waals surface area contributed by atoms with Crippen molar-refractivity contribution in [1.29, 1.82) is 0 Å². The van der Waals surface area contributed by atoms with E-state index in [0.717, 1.165) is 5.56 Å². The normalized spacial score (nSPS) is 12.1. The molecule has 3 rings (SSSR count). The maximum atomic E-state index is 12.8. The maximum absolute atomic E-state index is 12.8. The van der Waals surface area contributed by atoms with Gasteiger partial charge >= 0.3 is 0 Å². The number of benzene rings is 2. The van der Waals surface area contributed by atoms with Crippen LogP contribution in [0.15, 0.2) is 57.7 Å². The second-order valence-corrected chi connectivity index (χ2v) is 5.53. The third-order valence-corrected chi connectivity index (χ3v) is 3.67. The van der Waals surface area contributed by atoms with Crippen molar-refractivity contribution >= 4 is 16.9 Å². The molecule has 0 aliphatic carbocycles. The molecule has 2 aromatic carbocycles. The predicted octanol–water partition coefficient (Wildman–Crippen LogP) is 2.29. The highest BCUT2D eigenvalue weighted by molar-refractivity contribution is 5.83. The Balaban J connectivity index is 2.29. The van der Waals surface area contributed by atoms with E-state index in [1.54, 1.807) is 42.5 Å². The van der Waals surface area contributed by atoms with Crippen molar-refractivity contribution in [3.63, 3.8) is 0 Å². The van der Waals surface area contributed by atoms with Crippen LogP contribution < -0.4 is 15.3 Å². The highest BCUT2D eigenvalue weighted by atomic mass is 16.5. The molecular formula is C19H15O5-. The van der Waals surface area contributed by atoms with Gasteiger partial charge in [-0.15, -0.1) is 0 Å². The molecule has 0 spiro atoms. The van der Waals surface area contributed by atoms with Gasteiger partial charge in [0, 0.05) is 5.56 Å². The van der Waals surface area contributed by atoms with E-state index in [2.05, 4.69) is 0 Å². The van der Waals surface area contributed by atoms with Gasteiger partial charge in [-0.1, -0.05) is 36.4 Å². The Hall–Kier alpha value is -3.08. The van der Waals surface area contributed by atoms with Crippen LogP contribution in [0, 0.1) is 6.92 Å². The molecule has 0 aliphatic rings. The summed E-state index contributed by atoms with van der Waals surface area (Å²) < 4.78 is 11.2. The smallest absolute Gasteiger partial charge is 0.235 e. The lowest BCUT2D eigenvalue weighted by Crippen LogP contribution is -2.38. The number of hydrogen-bond donors (Lipinski definition) is 0. The van der Waals surface area contributed by atoms with Crippen LogP contribution in [0.25, 0.3) is 22.3 Å². The summed E-state index contributed by atoms with van der Waals surface area (Å²) >= 11 is 0. The largest absolute Gasteiger partial charge is 0.546 e. The number of ether oxygens (including phenoxy) is 1. The zero-order chi connectivity index (χ0) is 17.3. The summed E-state index contributed by atoms with van der Waals surface area (Å²) in [7, 11) is 0. The van der Waals surface area contributed by atoms with E-state index in [1.165, 1.54) is 6.92 Å². The minimum atomic E-state index is -1.41. The van der Waals surface area contributed by atoms with Gasteiger partial charge < -0.3 is 19.1 Å². The van der Waals surface area contributed by atoms with Crippen molar-refractivity contribution in [3.05, 3.63) is 64.3 Å².